The van der Waals surface area contributed by atoms with Crippen molar-refractivity contribution in [1.29, 1.82) is 0 Å². The van der Waals surface area contributed by atoms with Crippen molar-refractivity contribution in [1.82, 2.24) is 4.90 Å². The number of aliphatic hydroxyl groups is 2. The molecule has 0 amide bonds. The molecule has 3 atom stereocenters. The monoisotopic (exact) mass is 235 g/mol. The van der Waals surface area contributed by atoms with Gasteiger partial charge in [-0.25, -0.2) is 0 Å². The van der Waals surface area contributed by atoms with Crippen molar-refractivity contribution in [3.05, 3.63) is 35.4 Å². The van der Waals surface area contributed by atoms with Crippen LogP contribution in [0, 0.1) is 6.92 Å². The van der Waals surface area contributed by atoms with Crippen LogP contribution in [0.1, 0.15) is 30.5 Å². The Morgan fingerprint density at radius 2 is 1.88 bits per heavy atom. The van der Waals surface area contributed by atoms with Crippen LogP contribution < -0.4 is 0 Å². The maximum absolute atomic E-state index is 10.0. The van der Waals surface area contributed by atoms with E-state index >= 15 is 0 Å². The summed E-state index contributed by atoms with van der Waals surface area (Å²) < 4.78 is 0. The lowest BCUT2D eigenvalue weighted by atomic mass is 9.85. The van der Waals surface area contributed by atoms with Gasteiger partial charge < -0.3 is 10.2 Å². The molecule has 2 N–H and O–H groups in total. The molecule has 17 heavy (non-hydrogen) atoms. The lowest BCUT2D eigenvalue weighted by Crippen LogP contribution is -2.54. The highest BCUT2D eigenvalue weighted by Gasteiger charge is 2.40. The number of aliphatic hydroxyl groups excluding tert-OH is 1. The van der Waals surface area contributed by atoms with Gasteiger partial charge in [0, 0.05) is 12.6 Å². The first-order valence-corrected chi connectivity index (χ1v) is 6.07. The number of likely N-dealkylation sites (tertiary alicyclic amines) is 1. The summed E-state index contributed by atoms with van der Waals surface area (Å²) in [4.78, 5) is 2.11. The molecule has 3 heteroatoms. The molecule has 0 bridgehead atoms. The molecule has 1 fully saturated rings. The molecule has 1 aliphatic heterocycles. The quantitative estimate of drug-likeness (QED) is 0.775. The van der Waals surface area contributed by atoms with E-state index in [9.17, 15) is 10.2 Å². The van der Waals surface area contributed by atoms with Crippen molar-refractivity contribution >= 4 is 0 Å². The van der Waals surface area contributed by atoms with Gasteiger partial charge in [0.1, 0.15) is 5.60 Å². The predicted octanol–water partition coefficient (Wildman–Crippen LogP) is 1.48. The molecule has 94 valence electrons. The molecule has 0 unspecified atom stereocenters. The second kappa shape index (κ2) is 4.41. The van der Waals surface area contributed by atoms with Crippen molar-refractivity contribution in [3.63, 3.8) is 0 Å². The number of likely N-dealkylation sites (N-methyl/N-ethyl adjacent to an activating group) is 1. The van der Waals surface area contributed by atoms with Crippen LogP contribution in [0.4, 0.5) is 0 Å². The fourth-order valence-electron chi connectivity index (χ4n) is 2.54. The van der Waals surface area contributed by atoms with Gasteiger partial charge in [0.05, 0.1) is 6.10 Å². The Morgan fingerprint density at radius 1 is 1.29 bits per heavy atom. The van der Waals surface area contributed by atoms with Crippen molar-refractivity contribution in [2.75, 3.05) is 13.6 Å². The third kappa shape index (κ3) is 2.51. The van der Waals surface area contributed by atoms with Gasteiger partial charge in [-0.3, -0.25) is 4.90 Å². The molecule has 1 aliphatic rings. The fourth-order valence-corrected chi connectivity index (χ4v) is 2.54. The van der Waals surface area contributed by atoms with Crippen LogP contribution in [-0.4, -0.2) is 40.4 Å². The van der Waals surface area contributed by atoms with E-state index in [1.165, 1.54) is 11.1 Å². The standard InChI is InChI=1S/C14H21NO2/c1-10-4-6-11(7-5-10)12-8-13(16)14(2,17)9-15(12)3/h4-7,12-13,16-17H,8-9H2,1-3H3/t12-,13-,14-/m0/s1. The zero-order valence-electron chi connectivity index (χ0n) is 10.7. The number of aryl methyl sites for hydroxylation is 1. The first kappa shape index (κ1) is 12.6. The Morgan fingerprint density at radius 3 is 2.47 bits per heavy atom. The third-order valence-electron chi connectivity index (χ3n) is 3.73. The minimum Gasteiger partial charge on any atom is -0.390 e. The summed E-state index contributed by atoms with van der Waals surface area (Å²) in [7, 11) is 1.99. The van der Waals surface area contributed by atoms with E-state index < -0.39 is 11.7 Å². The topological polar surface area (TPSA) is 43.7 Å². The van der Waals surface area contributed by atoms with Crippen LogP contribution in [0.2, 0.25) is 0 Å². The molecule has 0 aliphatic carbocycles. The second-order valence-electron chi connectivity index (χ2n) is 5.45. The average Bonchev–Trinajstić information content (AvgIpc) is 2.24. The van der Waals surface area contributed by atoms with Gasteiger partial charge in [-0.15, -0.1) is 0 Å². The molecule has 3 nitrogen and oxygen atoms in total. The summed E-state index contributed by atoms with van der Waals surface area (Å²) >= 11 is 0. The van der Waals surface area contributed by atoms with Gasteiger partial charge in [-0.1, -0.05) is 29.8 Å². The van der Waals surface area contributed by atoms with Gasteiger partial charge in [-0.05, 0) is 32.9 Å². The molecule has 0 spiro atoms. The number of β-amino-alcohol motifs (C(OH)–C–C–N with tert-alkyl or cyclic N) is 1. The van der Waals surface area contributed by atoms with Crippen LogP contribution in [0.5, 0.6) is 0 Å². The highest BCUT2D eigenvalue weighted by atomic mass is 16.3. The number of hydrogen-bond acceptors (Lipinski definition) is 3. The fraction of sp³-hybridized carbons (Fsp3) is 0.571. The van der Waals surface area contributed by atoms with Crippen LogP contribution in [0.3, 0.4) is 0 Å². The van der Waals surface area contributed by atoms with Crippen LogP contribution in [-0.2, 0) is 0 Å². The SMILES string of the molecule is Cc1ccc([C@@H]2C[C@H](O)[C@@](C)(O)CN2C)cc1. The Hall–Kier alpha value is -0.900. The van der Waals surface area contributed by atoms with Crippen LogP contribution in [0.25, 0.3) is 0 Å². The number of rotatable bonds is 1. The number of piperidine rings is 1. The zero-order valence-corrected chi connectivity index (χ0v) is 10.7. The minimum absolute atomic E-state index is 0.186. The van der Waals surface area contributed by atoms with E-state index in [0.29, 0.717) is 13.0 Å². The summed E-state index contributed by atoms with van der Waals surface area (Å²) in [5, 5.41) is 20.0. The molecular weight excluding hydrogens is 214 g/mol. The Labute approximate surface area is 103 Å². The molecular formula is C14H21NO2. The summed E-state index contributed by atoms with van der Waals surface area (Å²) in [6, 6.07) is 8.56. The molecule has 2 rings (SSSR count). The molecule has 0 aromatic heterocycles. The second-order valence-corrected chi connectivity index (χ2v) is 5.45. The van der Waals surface area contributed by atoms with Gasteiger partial charge in [0.15, 0.2) is 0 Å². The average molecular weight is 235 g/mol. The van der Waals surface area contributed by atoms with Gasteiger partial charge in [0.2, 0.25) is 0 Å². The zero-order chi connectivity index (χ0) is 12.6. The van der Waals surface area contributed by atoms with Gasteiger partial charge >= 0.3 is 0 Å². The van der Waals surface area contributed by atoms with Crippen LogP contribution >= 0.6 is 0 Å². The van der Waals surface area contributed by atoms with Gasteiger partial charge in [0.25, 0.3) is 0 Å². The van der Waals surface area contributed by atoms with Gasteiger partial charge in [-0.2, -0.15) is 0 Å². The smallest absolute Gasteiger partial charge is 0.100 e. The lowest BCUT2D eigenvalue weighted by molar-refractivity contribution is -0.121. The summed E-state index contributed by atoms with van der Waals surface area (Å²) in [5.41, 5.74) is 1.43. The first-order valence-electron chi connectivity index (χ1n) is 6.07. The van der Waals surface area contributed by atoms with E-state index in [4.69, 9.17) is 0 Å². The maximum atomic E-state index is 10.0. The highest BCUT2D eigenvalue weighted by molar-refractivity contribution is 5.25. The summed E-state index contributed by atoms with van der Waals surface area (Å²) in [6.45, 7) is 4.25. The van der Waals surface area contributed by atoms with Crippen molar-refractivity contribution in [3.8, 4) is 0 Å². The lowest BCUT2D eigenvalue weighted by Gasteiger charge is -2.44. The Kier molecular flexibility index (Phi) is 3.25. The Bertz CT molecular complexity index is 386. The first-order chi connectivity index (χ1) is 7.90. The number of benzene rings is 1. The normalized spacial score (nSPS) is 34.9. The molecule has 1 heterocycles. The minimum atomic E-state index is -1.00. The molecule has 0 radical (unpaired) electrons. The highest BCUT2D eigenvalue weighted by Crippen LogP contribution is 2.34. The molecule has 1 aromatic rings. The number of nitrogens with zero attached hydrogens (tertiary/aromatic N) is 1. The predicted molar refractivity (Wildman–Crippen MR) is 67.8 cm³/mol. The van der Waals surface area contributed by atoms with Crippen molar-refractivity contribution in [2.24, 2.45) is 0 Å². The van der Waals surface area contributed by atoms with E-state index in [1.807, 2.05) is 7.05 Å². The van der Waals surface area contributed by atoms with E-state index in [1.54, 1.807) is 6.92 Å². The molecule has 0 saturated carbocycles. The van der Waals surface area contributed by atoms with E-state index in [2.05, 4.69) is 36.1 Å². The Balaban J connectivity index is 2.20. The largest absolute Gasteiger partial charge is 0.390 e. The van der Waals surface area contributed by atoms with E-state index in [0.717, 1.165) is 0 Å². The van der Waals surface area contributed by atoms with Crippen LogP contribution in [0.15, 0.2) is 24.3 Å². The summed E-state index contributed by atoms with van der Waals surface area (Å²) in [5.74, 6) is 0. The maximum Gasteiger partial charge on any atom is 0.100 e. The van der Waals surface area contributed by atoms with E-state index in [-0.39, 0.29) is 6.04 Å². The number of hydrogen-bond donors (Lipinski definition) is 2. The third-order valence-corrected chi connectivity index (χ3v) is 3.73. The molecule has 1 saturated heterocycles. The van der Waals surface area contributed by atoms with Crippen molar-refractivity contribution < 1.29 is 10.2 Å². The molecule has 1 aromatic carbocycles. The summed E-state index contributed by atoms with van der Waals surface area (Å²) in [6.07, 6.45) is -0.0861. The van der Waals surface area contributed by atoms with Crippen molar-refractivity contribution in [2.45, 2.75) is 38.0 Å².